The molecule has 29 heavy (non-hydrogen) atoms. The van der Waals surface area contributed by atoms with Crippen LogP contribution in [-0.4, -0.2) is 45.2 Å². The smallest absolute Gasteiger partial charge is 0.192 e. The van der Waals surface area contributed by atoms with E-state index in [1.54, 1.807) is 12.4 Å². The van der Waals surface area contributed by atoms with Gasteiger partial charge in [-0.2, -0.15) is 0 Å². The average Bonchev–Trinajstić information content (AvgIpc) is 3.11. The summed E-state index contributed by atoms with van der Waals surface area (Å²) < 4.78 is 20.7. The number of oxazole rings is 1. The van der Waals surface area contributed by atoms with Crippen LogP contribution in [0.2, 0.25) is 0 Å². The summed E-state index contributed by atoms with van der Waals surface area (Å²) in [5.41, 5.74) is 3.11. The first-order chi connectivity index (χ1) is 14.1. The number of benzene rings is 1. The fourth-order valence-electron chi connectivity index (χ4n) is 3.77. The molecular weight excluding hydrogens is 371 g/mol. The Morgan fingerprint density at radius 2 is 2.07 bits per heavy atom. The van der Waals surface area contributed by atoms with Crippen molar-refractivity contribution in [3.8, 4) is 11.3 Å². The molecule has 3 aromatic heterocycles. The van der Waals surface area contributed by atoms with Gasteiger partial charge in [-0.15, -0.1) is 0 Å². The minimum atomic E-state index is -1.30. The van der Waals surface area contributed by atoms with Crippen LogP contribution in [-0.2, 0) is 0 Å². The first-order valence-corrected chi connectivity index (χ1v) is 9.73. The molecule has 1 saturated heterocycles. The van der Waals surface area contributed by atoms with Crippen LogP contribution in [0.5, 0.6) is 0 Å². The maximum atomic E-state index is 15.1. The van der Waals surface area contributed by atoms with Crippen LogP contribution >= 0.6 is 0 Å². The lowest BCUT2D eigenvalue weighted by molar-refractivity contribution is 0.137. The van der Waals surface area contributed by atoms with Gasteiger partial charge < -0.3 is 15.1 Å². The van der Waals surface area contributed by atoms with Gasteiger partial charge in [-0.1, -0.05) is 6.07 Å². The molecular formula is C21H21FN6O. The minimum Gasteiger partial charge on any atom is -0.441 e. The number of aryl methyl sites for hydroxylation is 1. The topological polar surface area (TPSA) is 88.8 Å². The maximum absolute atomic E-state index is 15.1. The lowest BCUT2D eigenvalue weighted by atomic mass is 9.96. The average molecular weight is 392 g/mol. The second-order valence-corrected chi connectivity index (χ2v) is 7.48. The van der Waals surface area contributed by atoms with Gasteiger partial charge in [0, 0.05) is 31.4 Å². The maximum Gasteiger partial charge on any atom is 0.192 e. The molecule has 1 atom stereocenters. The molecule has 0 radical (unpaired) electrons. The number of hydrogen-bond acceptors (Lipinski definition) is 7. The molecule has 148 valence electrons. The molecule has 0 amide bonds. The Hall–Kier alpha value is -3.13. The number of halogens is 1. The molecule has 5 rings (SSSR count). The molecule has 1 aliphatic heterocycles. The molecule has 2 N–H and O–H groups in total. The van der Waals surface area contributed by atoms with Crippen molar-refractivity contribution in [1.82, 2.24) is 25.3 Å². The first kappa shape index (κ1) is 17.9. The summed E-state index contributed by atoms with van der Waals surface area (Å²) >= 11 is 0. The summed E-state index contributed by atoms with van der Waals surface area (Å²) in [6.45, 7) is 3.18. The van der Waals surface area contributed by atoms with Crippen LogP contribution in [0.25, 0.3) is 33.4 Å². The molecule has 0 bridgehead atoms. The predicted octanol–water partition coefficient (Wildman–Crippen LogP) is 3.65. The van der Waals surface area contributed by atoms with E-state index in [1.165, 1.54) is 0 Å². The number of nitrogens with one attached hydrogen (secondary N) is 2. The van der Waals surface area contributed by atoms with Gasteiger partial charge in [0.1, 0.15) is 16.7 Å². The Kier molecular flexibility index (Phi) is 4.35. The van der Waals surface area contributed by atoms with Crippen molar-refractivity contribution in [1.29, 1.82) is 0 Å². The van der Waals surface area contributed by atoms with Crippen molar-refractivity contribution >= 4 is 28.0 Å². The van der Waals surface area contributed by atoms with Gasteiger partial charge >= 0.3 is 0 Å². The van der Waals surface area contributed by atoms with Gasteiger partial charge in [-0.05, 0) is 37.6 Å². The zero-order chi connectivity index (χ0) is 19.8. The summed E-state index contributed by atoms with van der Waals surface area (Å²) in [5.74, 6) is 1.15. The first-order valence-electron chi connectivity index (χ1n) is 9.73. The van der Waals surface area contributed by atoms with E-state index in [-0.39, 0.29) is 6.54 Å². The second kappa shape index (κ2) is 7.04. The van der Waals surface area contributed by atoms with Crippen molar-refractivity contribution in [3.63, 3.8) is 0 Å². The van der Waals surface area contributed by atoms with Crippen molar-refractivity contribution in [2.75, 3.05) is 25.0 Å². The van der Waals surface area contributed by atoms with Crippen molar-refractivity contribution in [2.45, 2.75) is 25.4 Å². The Labute approximate surface area is 166 Å². The summed E-state index contributed by atoms with van der Waals surface area (Å²) in [7, 11) is 0. The molecule has 0 aliphatic carbocycles. The monoisotopic (exact) mass is 392 g/mol. The molecule has 1 unspecified atom stereocenters. The van der Waals surface area contributed by atoms with E-state index in [0.717, 1.165) is 24.0 Å². The van der Waals surface area contributed by atoms with E-state index in [9.17, 15) is 0 Å². The number of pyridine rings is 1. The third-order valence-electron chi connectivity index (χ3n) is 5.24. The third-order valence-corrected chi connectivity index (χ3v) is 5.24. The Bertz CT molecular complexity index is 1180. The zero-order valence-electron chi connectivity index (χ0n) is 16.1. The molecule has 1 aromatic carbocycles. The summed E-state index contributed by atoms with van der Waals surface area (Å²) in [4.78, 5) is 17.9. The van der Waals surface area contributed by atoms with Gasteiger partial charge in [0.2, 0.25) is 0 Å². The normalized spacial score (nSPS) is 19.7. The summed E-state index contributed by atoms with van der Waals surface area (Å²) in [6, 6.07) is 7.64. The lowest BCUT2D eigenvalue weighted by Crippen LogP contribution is -2.46. The number of anilines is 1. The molecule has 0 spiro atoms. The Morgan fingerprint density at radius 3 is 2.93 bits per heavy atom. The van der Waals surface area contributed by atoms with Crippen LogP contribution in [0.1, 0.15) is 18.7 Å². The number of nitrogens with zero attached hydrogens (tertiary/aromatic N) is 4. The van der Waals surface area contributed by atoms with E-state index >= 15 is 4.39 Å². The van der Waals surface area contributed by atoms with Crippen molar-refractivity contribution in [2.24, 2.45) is 0 Å². The minimum absolute atomic E-state index is 0.169. The van der Waals surface area contributed by atoms with Gasteiger partial charge in [0.05, 0.1) is 17.8 Å². The Balaban J connectivity index is 1.54. The van der Waals surface area contributed by atoms with Crippen molar-refractivity contribution in [3.05, 3.63) is 42.5 Å². The fraction of sp³-hybridized carbons (Fsp3) is 0.333. The fourth-order valence-corrected chi connectivity index (χ4v) is 3.77. The highest BCUT2D eigenvalue weighted by Crippen LogP contribution is 2.29. The highest BCUT2D eigenvalue weighted by molar-refractivity contribution is 5.89. The highest BCUT2D eigenvalue weighted by atomic mass is 19.1. The molecule has 1 aliphatic rings. The number of rotatable bonds is 4. The lowest BCUT2D eigenvalue weighted by Gasteiger charge is -2.30. The number of hydrogen-bond donors (Lipinski definition) is 2. The molecule has 0 saturated carbocycles. The van der Waals surface area contributed by atoms with E-state index in [2.05, 4.69) is 25.6 Å². The van der Waals surface area contributed by atoms with Crippen LogP contribution < -0.4 is 10.6 Å². The molecule has 4 heterocycles. The zero-order valence-corrected chi connectivity index (χ0v) is 16.1. The number of piperidine rings is 1. The van der Waals surface area contributed by atoms with Crippen molar-refractivity contribution < 1.29 is 8.81 Å². The number of fused-ring (bicyclic) bond motifs is 2. The highest BCUT2D eigenvalue weighted by Gasteiger charge is 2.31. The standard InChI is InChI=1S/C21H21FN6O/c1-13-27-15-4-3-14(9-18(15)29-13)16-10-17-19(25-8-7-24-17)20(28-16)26-12-21(22)5-2-6-23-11-21/h3-4,7-10,23H,2,5-6,11-12H2,1H3,(H,26,28). The Morgan fingerprint density at radius 1 is 1.17 bits per heavy atom. The summed E-state index contributed by atoms with van der Waals surface area (Å²) in [5, 5.41) is 6.31. The molecule has 7 nitrogen and oxygen atoms in total. The largest absolute Gasteiger partial charge is 0.441 e. The van der Waals surface area contributed by atoms with E-state index < -0.39 is 5.67 Å². The molecule has 8 heteroatoms. The predicted molar refractivity (Wildman–Crippen MR) is 110 cm³/mol. The third kappa shape index (κ3) is 3.51. The van der Waals surface area contributed by atoms with E-state index in [0.29, 0.717) is 47.0 Å². The quantitative estimate of drug-likeness (QED) is 0.548. The van der Waals surface area contributed by atoms with Gasteiger partial charge in [-0.3, -0.25) is 4.98 Å². The van der Waals surface area contributed by atoms with Gasteiger partial charge in [0.15, 0.2) is 17.3 Å². The second-order valence-electron chi connectivity index (χ2n) is 7.48. The summed E-state index contributed by atoms with van der Waals surface area (Å²) in [6.07, 6.45) is 4.60. The van der Waals surface area contributed by atoms with Crippen LogP contribution in [0, 0.1) is 6.92 Å². The van der Waals surface area contributed by atoms with E-state index in [1.807, 2.05) is 31.2 Å². The molecule has 4 aromatic rings. The van der Waals surface area contributed by atoms with E-state index in [4.69, 9.17) is 9.40 Å². The van der Waals surface area contributed by atoms with Crippen LogP contribution in [0.15, 0.2) is 41.1 Å². The van der Waals surface area contributed by atoms with Gasteiger partial charge in [-0.25, -0.2) is 19.3 Å². The number of aromatic nitrogens is 4. The SMILES string of the molecule is Cc1nc2ccc(-c3cc4nccnc4c(NCC4(F)CCCNC4)n3)cc2o1. The van der Waals surface area contributed by atoms with Crippen LogP contribution in [0.4, 0.5) is 10.2 Å². The molecule has 1 fully saturated rings. The van der Waals surface area contributed by atoms with Crippen LogP contribution in [0.3, 0.4) is 0 Å². The number of alkyl halides is 1. The van der Waals surface area contributed by atoms with Gasteiger partial charge in [0.25, 0.3) is 0 Å².